The summed E-state index contributed by atoms with van der Waals surface area (Å²) < 4.78 is 13.1. The van der Waals surface area contributed by atoms with Gasteiger partial charge in [-0.25, -0.2) is 0 Å². The van der Waals surface area contributed by atoms with Gasteiger partial charge in [-0.1, -0.05) is 25.1 Å². The van der Waals surface area contributed by atoms with Crippen LogP contribution in [0.4, 0.5) is 0 Å². The Morgan fingerprint density at radius 2 is 2.04 bits per heavy atom. The van der Waals surface area contributed by atoms with Gasteiger partial charge in [0.05, 0.1) is 20.3 Å². The molecule has 1 aromatic heterocycles. The Balaban J connectivity index is 1.69. The van der Waals surface area contributed by atoms with E-state index in [1.165, 1.54) is 0 Å². The smallest absolute Gasteiger partial charge is 0.191 e. The SMILES string of the molecule is CCCCn1c(SCCN2CCOC[C@@H]2C)nnc1-c1ccc(OC)cc1. The van der Waals surface area contributed by atoms with E-state index in [1.54, 1.807) is 18.9 Å². The van der Waals surface area contributed by atoms with E-state index in [4.69, 9.17) is 9.47 Å². The lowest BCUT2D eigenvalue weighted by Crippen LogP contribution is -2.44. The molecule has 1 fully saturated rings. The van der Waals surface area contributed by atoms with Crippen molar-refractivity contribution < 1.29 is 9.47 Å². The summed E-state index contributed by atoms with van der Waals surface area (Å²) in [4.78, 5) is 2.49. The van der Waals surface area contributed by atoms with Gasteiger partial charge < -0.3 is 14.0 Å². The average Bonchev–Trinajstić information content (AvgIpc) is 3.10. The predicted octanol–water partition coefficient (Wildman–Crippen LogP) is 3.57. The van der Waals surface area contributed by atoms with Crippen molar-refractivity contribution in [3.05, 3.63) is 24.3 Å². The molecular formula is C20H30N4O2S. The van der Waals surface area contributed by atoms with Gasteiger partial charge in [0.1, 0.15) is 5.75 Å². The van der Waals surface area contributed by atoms with Crippen LogP contribution in [0.5, 0.6) is 5.75 Å². The maximum atomic E-state index is 5.52. The number of rotatable bonds is 9. The van der Waals surface area contributed by atoms with Crippen molar-refractivity contribution in [2.45, 2.75) is 44.4 Å². The van der Waals surface area contributed by atoms with Crippen LogP contribution in [-0.4, -0.2) is 64.9 Å². The molecule has 3 rings (SSSR count). The highest BCUT2D eigenvalue weighted by molar-refractivity contribution is 7.99. The second-order valence-electron chi connectivity index (χ2n) is 6.85. The van der Waals surface area contributed by atoms with Crippen LogP contribution in [0.1, 0.15) is 26.7 Å². The van der Waals surface area contributed by atoms with E-state index in [9.17, 15) is 0 Å². The molecule has 6 nitrogen and oxygen atoms in total. The number of unbranched alkanes of at least 4 members (excludes halogenated alkanes) is 1. The summed E-state index contributed by atoms with van der Waals surface area (Å²) in [6.07, 6.45) is 2.27. The van der Waals surface area contributed by atoms with Crippen LogP contribution in [0.2, 0.25) is 0 Å². The molecule has 2 heterocycles. The third kappa shape index (κ3) is 5.24. The Morgan fingerprint density at radius 3 is 2.74 bits per heavy atom. The Bertz CT molecular complexity index is 705. The van der Waals surface area contributed by atoms with Crippen LogP contribution >= 0.6 is 11.8 Å². The minimum absolute atomic E-state index is 0.493. The van der Waals surface area contributed by atoms with Crippen LogP contribution in [0, 0.1) is 0 Å². The number of hydrogen-bond acceptors (Lipinski definition) is 6. The third-order valence-corrected chi connectivity index (χ3v) is 5.86. The van der Waals surface area contributed by atoms with E-state index in [2.05, 4.69) is 45.6 Å². The molecule has 0 saturated carbocycles. The van der Waals surface area contributed by atoms with Gasteiger partial charge >= 0.3 is 0 Å². The molecule has 1 aliphatic rings. The number of thioether (sulfide) groups is 1. The molecule has 1 aliphatic heterocycles. The normalized spacial score (nSPS) is 18.0. The molecule has 148 valence electrons. The van der Waals surface area contributed by atoms with Gasteiger partial charge in [-0.05, 0) is 37.6 Å². The van der Waals surface area contributed by atoms with Crippen LogP contribution in [0.25, 0.3) is 11.4 Å². The molecule has 0 bridgehead atoms. The number of aromatic nitrogens is 3. The number of nitrogens with zero attached hydrogens (tertiary/aromatic N) is 4. The van der Waals surface area contributed by atoms with Crippen molar-refractivity contribution in [1.29, 1.82) is 0 Å². The molecule has 1 aromatic carbocycles. The van der Waals surface area contributed by atoms with Crippen molar-refractivity contribution in [3.8, 4) is 17.1 Å². The van der Waals surface area contributed by atoms with E-state index in [0.717, 1.165) is 73.7 Å². The summed E-state index contributed by atoms with van der Waals surface area (Å²) in [5.74, 6) is 2.80. The molecule has 0 aliphatic carbocycles. The minimum Gasteiger partial charge on any atom is -0.497 e. The van der Waals surface area contributed by atoms with Gasteiger partial charge in [0.15, 0.2) is 11.0 Å². The molecule has 2 aromatic rings. The summed E-state index contributed by atoms with van der Waals surface area (Å²) in [5, 5.41) is 9.99. The number of morpholine rings is 1. The highest BCUT2D eigenvalue weighted by Crippen LogP contribution is 2.26. The second-order valence-corrected chi connectivity index (χ2v) is 7.91. The number of hydrogen-bond donors (Lipinski definition) is 0. The van der Waals surface area contributed by atoms with Crippen LogP contribution in [0.15, 0.2) is 29.4 Å². The van der Waals surface area contributed by atoms with Gasteiger partial charge in [0.25, 0.3) is 0 Å². The summed E-state index contributed by atoms with van der Waals surface area (Å²) >= 11 is 1.80. The van der Waals surface area contributed by atoms with Crippen molar-refractivity contribution in [2.75, 3.05) is 39.2 Å². The van der Waals surface area contributed by atoms with Crippen LogP contribution in [0.3, 0.4) is 0 Å². The summed E-state index contributed by atoms with van der Waals surface area (Å²) in [7, 11) is 1.68. The first kappa shape index (κ1) is 20.2. The summed E-state index contributed by atoms with van der Waals surface area (Å²) in [6, 6.07) is 8.54. The third-order valence-electron chi connectivity index (χ3n) is 4.92. The Hall–Kier alpha value is -1.57. The zero-order valence-corrected chi connectivity index (χ0v) is 17.4. The predicted molar refractivity (Wildman–Crippen MR) is 109 cm³/mol. The lowest BCUT2D eigenvalue weighted by molar-refractivity contribution is 0.00298. The van der Waals surface area contributed by atoms with Crippen molar-refractivity contribution in [2.24, 2.45) is 0 Å². The van der Waals surface area contributed by atoms with E-state index in [1.807, 2.05) is 12.1 Å². The first-order valence-electron chi connectivity index (χ1n) is 9.75. The monoisotopic (exact) mass is 390 g/mol. The minimum atomic E-state index is 0.493. The number of ether oxygens (including phenoxy) is 2. The average molecular weight is 391 g/mol. The van der Waals surface area contributed by atoms with Gasteiger partial charge in [0, 0.05) is 37.0 Å². The fourth-order valence-corrected chi connectivity index (χ4v) is 4.16. The number of methoxy groups -OCH3 is 1. The molecule has 0 radical (unpaired) electrons. The summed E-state index contributed by atoms with van der Waals surface area (Å²) in [6.45, 7) is 9.12. The van der Waals surface area contributed by atoms with Gasteiger partial charge in [-0.3, -0.25) is 4.90 Å². The molecule has 1 atom stereocenters. The quantitative estimate of drug-likeness (QED) is 0.610. The molecule has 0 spiro atoms. The van der Waals surface area contributed by atoms with Crippen molar-refractivity contribution >= 4 is 11.8 Å². The Labute approximate surface area is 166 Å². The van der Waals surface area contributed by atoms with Gasteiger partial charge in [-0.2, -0.15) is 0 Å². The van der Waals surface area contributed by atoms with Crippen LogP contribution < -0.4 is 4.74 Å². The van der Waals surface area contributed by atoms with E-state index < -0.39 is 0 Å². The lowest BCUT2D eigenvalue weighted by atomic mass is 10.2. The van der Waals surface area contributed by atoms with Gasteiger partial charge in [0.2, 0.25) is 0 Å². The summed E-state index contributed by atoms with van der Waals surface area (Å²) in [5.41, 5.74) is 1.08. The zero-order valence-electron chi connectivity index (χ0n) is 16.6. The van der Waals surface area contributed by atoms with E-state index >= 15 is 0 Å². The molecule has 7 heteroatoms. The molecule has 0 N–H and O–H groups in total. The Morgan fingerprint density at radius 1 is 1.22 bits per heavy atom. The largest absolute Gasteiger partial charge is 0.497 e. The van der Waals surface area contributed by atoms with E-state index in [-0.39, 0.29) is 0 Å². The highest BCUT2D eigenvalue weighted by atomic mass is 32.2. The second kappa shape index (κ2) is 10.1. The Kier molecular flexibility index (Phi) is 7.55. The molecule has 0 amide bonds. The zero-order chi connectivity index (χ0) is 19.1. The first-order valence-corrected chi connectivity index (χ1v) is 10.7. The molecule has 1 saturated heterocycles. The highest BCUT2D eigenvalue weighted by Gasteiger charge is 2.19. The first-order chi connectivity index (χ1) is 13.2. The van der Waals surface area contributed by atoms with Crippen molar-refractivity contribution in [1.82, 2.24) is 19.7 Å². The maximum absolute atomic E-state index is 5.52. The molecular weight excluding hydrogens is 360 g/mol. The molecule has 27 heavy (non-hydrogen) atoms. The maximum Gasteiger partial charge on any atom is 0.191 e. The lowest BCUT2D eigenvalue weighted by Gasteiger charge is -2.32. The van der Waals surface area contributed by atoms with Gasteiger partial charge in [-0.15, -0.1) is 10.2 Å². The van der Waals surface area contributed by atoms with Crippen molar-refractivity contribution in [3.63, 3.8) is 0 Å². The topological polar surface area (TPSA) is 52.4 Å². The number of benzene rings is 1. The fraction of sp³-hybridized carbons (Fsp3) is 0.600. The standard InChI is InChI=1S/C20H30N4O2S/c1-4-5-10-24-19(17-6-8-18(25-3)9-7-17)21-22-20(24)27-14-12-23-11-13-26-15-16(23)2/h6-9,16H,4-5,10-15H2,1-3H3/t16-/m0/s1. The van der Waals surface area contributed by atoms with E-state index in [0.29, 0.717) is 6.04 Å². The molecule has 0 unspecified atom stereocenters. The van der Waals surface area contributed by atoms with Crippen LogP contribution in [-0.2, 0) is 11.3 Å². The fourth-order valence-electron chi connectivity index (χ4n) is 3.21.